The van der Waals surface area contributed by atoms with E-state index in [1.54, 1.807) is 12.1 Å². The summed E-state index contributed by atoms with van der Waals surface area (Å²) >= 11 is 0. The number of aliphatic hydroxyl groups is 2. The Balaban J connectivity index is 3.16. The van der Waals surface area contributed by atoms with E-state index >= 15 is 0 Å². The van der Waals surface area contributed by atoms with E-state index in [1.807, 2.05) is 4.90 Å². The van der Waals surface area contributed by atoms with Gasteiger partial charge in [0, 0.05) is 23.8 Å². The van der Waals surface area contributed by atoms with Crippen LogP contribution in [0.4, 0.5) is 10.1 Å². The fourth-order valence-corrected chi connectivity index (χ4v) is 2.31. The van der Waals surface area contributed by atoms with Gasteiger partial charge in [-0.25, -0.2) is 4.39 Å². The first-order valence-electron chi connectivity index (χ1n) is 6.45. The summed E-state index contributed by atoms with van der Waals surface area (Å²) in [6.07, 6.45) is 1.83. The van der Waals surface area contributed by atoms with Crippen LogP contribution in [0.15, 0.2) is 18.2 Å². The van der Waals surface area contributed by atoms with E-state index in [9.17, 15) is 14.6 Å². The molecule has 0 spiro atoms. The summed E-state index contributed by atoms with van der Waals surface area (Å²) in [5, 5.41) is 18.5. The molecule has 2 N–H and O–H groups in total. The molecule has 0 bridgehead atoms. The second kappa shape index (κ2) is 7.34. The molecule has 4 heteroatoms. The third kappa shape index (κ3) is 3.21. The Morgan fingerprint density at radius 3 is 2.39 bits per heavy atom. The number of benzene rings is 1. The molecule has 0 atom stereocenters. The minimum Gasteiger partial charge on any atom is -0.395 e. The van der Waals surface area contributed by atoms with Crippen molar-refractivity contribution in [2.75, 3.05) is 18.1 Å². The van der Waals surface area contributed by atoms with Crippen molar-refractivity contribution >= 4 is 5.69 Å². The predicted molar refractivity (Wildman–Crippen MR) is 71.1 cm³/mol. The van der Waals surface area contributed by atoms with Crippen molar-refractivity contribution in [3.05, 3.63) is 29.6 Å². The minimum absolute atomic E-state index is 0.0118. The number of rotatable bonds is 7. The first-order valence-corrected chi connectivity index (χ1v) is 6.45. The maximum Gasteiger partial charge on any atom is 0.130 e. The smallest absolute Gasteiger partial charge is 0.130 e. The van der Waals surface area contributed by atoms with Crippen LogP contribution in [0.5, 0.6) is 0 Å². The minimum atomic E-state index is -0.399. The largest absolute Gasteiger partial charge is 0.395 e. The maximum atomic E-state index is 13.7. The van der Waals surface area contributed by atoms with E-state index < -0.39 is 5.82 Å². The number of halogens is 1. The number of anilines is 1. The van der Waals surface area contributed by atoms with Crippen LogP contribution in [0.3, 0.4) is 0 Å². The van der Waals surface area contributed by atoms with Gasteiger partial charge in [-0.1, -0.05) is 19.9 Å². The van der Waals surface area contributed by atoms with Gasteiger partial charge >= 0.3 is 0 Å². The van der Waals surface area contributed by atoms with Gasteiger partial charge in [-0.3, -0.25) is 0 Å². The summed E-state index contributed by atoms with van der Waals surface area (Å²) in [5.41, 5.74) is 0.984. The molecule has 0 radical (unpaired) electrons. The van der Waals surface area contributed by atoms with E-state index in [1.165, 1.54) is 6.07 Å². The molecule has 0 unspecified atom stereocenters. The summed E-state index contributed by atoms with van der Waals surface area (Å²) in [4.78, 5) is 1.98. The van der Waals surface area contributed by atoms with Crippen LogP contribution in [0.25, 0.3) is 0 Å². The maximum absolute atomic E-state index is 13.7. The Labute approximate surface area is 108 Å². The monoisotopic (exact) mass is 255 g/mol. The summed E-state index contributed by atoms with van der Waals surface area (Å²) in [5.74, 6) is -0.399. The van der Waals surface area contributed by atoms with Gasteiger partial charge in [0.15, 0.2) is 0 Å². The summed E-state index contributed by atoms with van der Waals surface area (Å²) in [6.45, 7) is 4.26. The molecule has 18 heavy (non-hydrogen) atoms. The van der Waals surface area contributed by atoms with E-state index in [2.05, 4.69) is 13.8 Å². The summed E-state index contributed by atoms with van der Waals surface area (Å²) in [7, 11) is 0. The van der Waals surface area contributed by atoms with Crippen molar-refractivity contribution in [2.45, 2.75) is 39.3 Å². The molecule has 0 aliphatic carbocycles. The lowest BCUT2D eigenvalue weighted by Gasteiger charge is -2.33. The van der Waals surface area contributed by atoms with Gasteiger partial charge < -0.3 is 15.1 Å². The zero-order chi connectivity index (χ0) is 13.5. The summed E-state index contributed by atoms with van der Waals surface area (Å²) in [6, 6.07) is 5.02. The molecule has 0 fully saturated rings. The van der Waals surface area contributed by atoms with Gasteiger partial charge in [-0.05, 0) is 25.0 Å². The Kier molecular flexibility index (Phi) is 6.09. The lowest BCUT2D eigenvalue weighted by atomic mass is 10.1. The predicted octanol–water partition coefficient (Wildman–Crippen LogP) is 2.31. The van der Waals surface area contributed by atoms with Gasteiger partial charge in [0.2, 0.25) is 0 Å². The van der Waals surface area contributed by atoms with Crippen molar-refractivity contribution in [3.8, 4) is 0 Å². The molecule has 102 valence electrons. The molecule has 0 aromatic heterocycles. The second-order valence-corrected chi connectivity index (χ2v) is 4.28. The van der Waals surface area contributed by atoms with Crippen molar-refractivity contribution in [1.29, 1.82) is 0 Å². The third-order valence-corrected chi connectivity index (χ3v) is 3.29. The van der Waals surface area contributed by atoms with Crippen molar-refractivity contribution < 1.29 is 14.6 Å². The average molecular weight is 255 g/mol. The van der Waals surface area contributed by atoms with Crippen LogP contribution in [0, 0.1) is 5.82 Å². The molecule has 0 aliphatic rings. The molecule has 1 aromatic rings. The van der Waals surface area contributed by atoms with Crippen LogP contribution >= 0.6 is 0 Å². The van der Waals surface area contributed by atoms with Crippen LogP contribution in [-0.4, -0.2) is 29.4 Å². The fourth-order valence-electron chi connectivity index (χ4n) is 2.31. The van der Waals surface area contributed by atoms with E-state index in [4.69, 9.17) is 0 Å². The SMILES string of the molecule is CCC(CC)N(CCO)c1cccc(F)c1CO. The molecule has 0 saturated carbocycles. The number of hydrogen-bond donors (Lipinski definition) is 2. The number of hydrogen-bond acceptors (Lipinski definition) is 3. The summed E-state index contributed by atoms with van der Waals surface area (Å²) < 4.78 is 13.7. The average Bonchev–Trinajstić information content (AvgIpc) is 2.38. The van der Waals surface area contributed by atoms with Crippen LogP contribution < -0.4 is 4.90 Å². The van der Waals surface area contributed by atoms with Crippen LogP contribution in [0.2, 0.25) is 0 Å². The molecule has 0 amide bonds. The molecule has 0 saturated heterocycles. The van der Waals surface area contributed by atoms with Crippen molar-refractivity contribution in [1.82, 2.24) is 0 Å². The van der Waals surface area contributed by atoms with E-state index in [0.717, 1.165) is 12.8 Å². The van der Waals surface area contributed by atoms with Gasteiger partial charge in [0.25, 0.3) is 0 Å². The zero-order valence-corrected chi connectivity index (χ0v) is 11.1. The molecule has 0 heterocycles. The number of nitrogens with zero attached hydrogens (tertiary/aromatic N) is 1. The van der Waals surface area contributed by atoms with Crippen molar-refractivity contribution in [3.63, 3.8) is 0 Å². The second-order valence-electron chi connectivity index (χ2n) is 4.28. The van der Waals surface area contributed by atoms with Crippen molar-refractivity contribution in [2.24, 2.45) is 0 Å². The standard InChI is InChI=1S/C14H22FNO2/c1-3-11(4-2)16(8-9-17)14-7-5-6-13(15)12(14)10-18/h5-7,11,17-18H,3-4,8-10H2,1-2H3. The highest BCUT2D eigenvalue weighted by molar-refractivity contribution is 5.54. The Morgan fingerprint density at radius 2 is 1.89 bits per heavy atom. The van der Waals surface area contributed by atoms with Crippen LogP contribution in [0.1, 0.15) is 32.3 Å². The van der Waals surface area contributed by atoms with Gasteiger partial charge in [-0.2, -0.15) is 0 Å². The van der Waals surface area contributed by atoms with Crippen LogP contribution in [-0.2, 0) is 6.61 Å². The Morgan fingerprint density at radius 1 is 1.22 bits per heavy atom. The fraction of sp³-hybridized carbons (Fsp3) is 0.571. The van der Waals surface area contributed by atoms with E-state index in [0.29, 0.717) is 17.8 Å². The highest BCUT2D eigenvalue weighted by Crippen LogP contribution is 2.26. The lowest BCUT2D eigenvalue weighted by molar-refractivity contribution is 0.273. The van der Waals surface area contributed by atoms with E-state index in [-0.39, 0.29) is 19.3 Å². The van der Waals surface area contributed by atoms with Gasteiger partial charge in [-0.15, -0.1) is 0 Å². The number of aliphatic hydroxyl groups excluding tert-OH is 2. The molecular weight excluding hydrogens is 233 g/mol. The molecule has 3 nitrogen and oxygen atoms in total. The Bertz CT molecular complexity index is 367. The molecular formula is C14H22FNO2. The zero-order valence-electron chi connectivity index (χ0n) is 11.1. The first-order chi connectivity index (χ1) is 8.69. The third-order valence-electron chi connectivity index (χ3n) is 3.29. The lowest BCUT2D eigenvalue weighted by Crippen LogP contribution is -2.37. The molecule has 1 aromatic carbocycles. The topological polar surface area (TPSA) is 43.7 Å². The van der Waals surface area contributed by atoms with Gasteiger partial charge in [0.05, 0.1) is 13.2 Å². The Hall–Kier alpha value is -1.13. The highest BCUT2D eigenvalue weighted by Gasteiger charge is 2.19. The van der Waals surface area contributed by atoms with Gasteiger partial charge in [0.1, 0.15) is 5.82 Å². The quantitative estimate of drug-likeness (QED) is 0.785. The molecule has 0 aliphatic heterocycles. The highest BCUT2D eigenvalue weighted by atomic mass is 19.1. The first kappa shape index (κ1) is 14.9. The molecule has 1 rings (SSSR count). The normalized spacial score (nSPS) is 11.0.